The Bertz CT molecular complexity index is 781. The first kappa shape index (κ1) is 18.9. The van der Waals surface area contributed by atoms with Gasteiger partial charge >= 0.3 is 0 Å². The molecule has 0 aromatic heterocycles. The lowest BCUT2D eigenvalue weighted by Crippen LogP contribution is -2.20. The summed E-state index contributed by atoms with van der Waals surface area (Å²) in [4.78, 5) is 12.0. The minimum atomic E-state index is -0.359. The summed E-state index contributed by atoms with van der Waals surface area (Å²) in [5, 5.41) is 15.0. The van der Waals surface area contributed by atoms with E-state index in [0.29, 0.717) is 39.4 Å². The van der Waals surface area contributed by atoms with Gasteiger partial charge in [0, 0.05) is 11.3 Å². The summed E-state index contributed by atoms with van der Waals surface area (Å²) in [5.74, 6) is 0.491. The van der Waals surface area contributed by atoms with Gasteiger partial charge in [0.2, 0.25) is 0 Å². The molecule has 6 nitrogen and oxygen atoms in total. The van der Waals surface area contributed by atoms with E-state index in [2.05, 4.69) is 10.5 Å². The molecule has 0 radical (unpaired) electrons. The number of nitrogens with one attached hydrogen (secondary N) is 1. The van der Waals surface area contributed by atoms with Crippen molar-refractivity contribution in [2.45, 2.75) is 6.92 Å². The summed E-state index contributed by atoms with van der Waals surface area (Å²) in [6.45, 7) is 2.03. The number of rotatable bonds is 7. The summed E-state index contributed by atoms with van der Waals surface area (Å²) in [6, 6.07) is 9.74. The number of hydrogen-bond donors (Lipinski definition) is 2. The van der Waals surface area contributed by atoms with Gasteiger partial charge < -0.3 is 20.0 Å². The molecule has 2 aromatic rings. The van der Waals surface area contributed by atoms with Crippen LogP contribution in [0.5, 0.6) is 11.5 Å². The third kappa shape index (κ3) is 5.55. The standard InChI is InChI=1S/C17H16Cl2N2O4/c1-2-24-16-7-11(9-20-23)3-6-15(16)25-10-17(22)21-12-4-5-13(18)14(19)8-12/h3-9,23H,2,10H2,1H3,(H,21,22)/b20-9+. The van der Waals surface area contributed by atoms with E-state index in [1.807, 2.05) is 6.92 Å². The fourth-order valence-corrected chi connectivity index (χ4v) is 2.27. The molecule has 132 valence electrons. The minimum absolute atomic E-state index is 0.215. The van der Waals surface area contributed by atoms with Crippen molar-refractivity contribution in [2.24, 2.45) is 5.16 Å². The second-order valence-corrected chi connectivity index (χ2v) is 5.66. The molecule has 0 aliphatic carbocycles. The maximum atomic E-state index is 12.0. The number of halogens is 2. The zero-order valence-corrected chi connectivity index (χ0v) is 14.8. The summed E-state index contributed by atoms with van der Waals surface area (Å²) < 4.78 is 11.0. The van der Waals surface area contributed by atoms with E-state index in [9.17, 15) is 4.79 Å². The van der Waals surface area contributed by atoms with Crippen molar-refractivity contribution in [3.8, 4) is 11.5 Å². The third-order valence-electron chi connectivity index (χ3n) is 3.04. The molecule has 25 heavy (non-hydrogen) atoms. The van der Waals surface area contributed by atoms with Crippen LogP contribution in [0.1, 0.15) is 12.5 Å². The van der Waals surface area contributed by atoms with E-state index in [1.54, 1.807) is 36.4 Å². The van der Waals surface area contributed by atoms with Gasteiger partial charge in [0.25, 0.3) is 5.91 Å². The maximum absolute atomic E-state index is 12.0. The molecule has 8 heteroatoms. The number of carbonyl (C=O) groups is 1. The molecular formula is C17H16Cl2N2O4. The summed E-state index contributed by atoms with van der Waals surface area (Å²) in [7, 11) is 0. The lowest BCUT2D eigenvalue weighted by atomic mass is 10.2. The van der Waals surface area contributed by atoms with Crippen LogP contribution in [0.15, 0.2) is 41.6 Å². The van der Waals surface area contributed by atoms with Gasteiger partial charge in [-0.05, 0) is 43.3 Å². The molecule has 2 aromatic carbocycles. The first-order valence-electron chi connectivity index (χ1n) is 7.35. The van der Waals surface area contributed by atoms with Crippen LogP contribution in [0.4, 0.5) is 5.69 Å². The van der Waals surface area contributed by atoms with Crippen molar-refractivity contribution in [1.82, 2.24) is 0 Å². The van der Waals surface area contributed by atoms with Crippen LogP contribution in [-0.4, -0.2) is 30.5 Å². The molecule has 0 saturated carbocycles. The van der Waals surface area contributed by atoms with Gasteiger partial charge in [-0.3, -0.25) is 4.79 Å². The predicted molar refractivity (Wildman–Crippen MR) is 97.6 cm³/mol. The van der Waals surface area contributed by atoms with Gasteiger partial charge in [-0.2, -0.15) is 0 Å². The Kier molecular flexibility index (Phi) is 6.91. The molecule has 0 saturated heterocycles. The second-order valence-electron chi connectivity index (χ2n) is 4.85. The van der Waals surface area contributed by atoms with E-state index < -0.39 is 0 Å². The second kappa shape index (κ2) is 9.15. The molecule has 0 atom stereocenters. The summed E-state index contributed by atoms with van der Waals surface area (Å²) >= 11 is 11.7. The zero-order valence-electron chi connectivity index (χ0n) is 13.3. The van der Waals surface area contributed by atoms with Crippen molar-refractivity contribution in [2.75, 3.05) is 18.5 Å². The quantitative estimate of drug-likeness (QED) is 0.426. The molecule has 0 fully saturated rings. The SMILES string of the molecule is CCOc1cc(/C=N/O)ccc1OCC(=O)Nc1ccc(Cl)c(Cl)c1. The first-order chi connectivity index (χ1) is 12.0. The van der Waals surface area contributed by atoms with Gasteiger partial charge in [0.05, 0.1) is 22.9 Å². The molecule has 0 aliphatic heterocycles. The Balaban J connectivity index is 2.01. The van der Waals surface area contributed by atoms with Gasteiger partial charge in [-0.25, -0.2) is 0 Å². The highest BCUT2D eigenvalue weighted by atomic mass is 35.5. The average molecular weight is 383 g/mol. The lowest BCUT2D eigenvalue weighted by Gasteiger charge is -2.12. The average Bonchev–Trinajstić information content (AvgIpc) is 2.58. The Morgan fingerprint density at radius 2 is 1.96 bits per heavy atom. The smallest absolute Gasteiger partial charge is 0.262 e. The van der Waals surface area contributed by atoms with Crippen LogP contribution in [0.2, 0.25) is 10.0 Å². The molecule has 0 bridgehead atoms. The molecule has 0 spiro atoms. The van der Waals surface area contributed by atoms with E-state index in [-0.39, 0.29) is 12.5 Å². The highest BCUT2D eigenvalue weighted by molar-refractivity contribution is 6.42. The molecule has 2 rings (SSSR count). The van der Waals surface area contributed by atoms with Gasteiger partial charge in [-0.15, -0.1) is 0 Å². The van der Waals surface area contributed by atoms with Gasteiger partial charge in [0.15, 0.2) is 18.1 Å². The van der Waals surface area contributed by atoms with Gasteiger partial charge in [0.1, 0.15) is 0 Å². The molecule has 0 heterocycles. The Labute approximate surface area is 155 Å². The van der Waals surface area contributed by atoms with E-state index in [0.717, 1.165) is 0 Å². The minimum Gasteiger partial charge on any atom is -0.490 e. The van der Waals surface area contributed by atoms with Crippen LogP contribution in [0, 0.1) is 0 Å². The zero-order chi connectivity index (χ0) is 18.2. The number of hydrogen-bond acceptors (Lipinski definition) is 5. The molecule has 2 N–H and O–H groups in total. The monoisotopic (exact) mass is 382 g/mol. The first-order valence-corrected chi connectivity index (χ1v) is 8.11. The number of carbonyl (C=O) groups excluding carboxylic acids is 1. The number of anilines is 1. The van der Waals surface area contributed by atoms with E-state index in [4.69, 9.17) is 37.9 Å². The third-order valence-corrected chi connectivity index (χ3v) is 3.78. The number of ether oxygens (including phenoxy) is 2. The predicted octanol–water partition coefficient (Wildman–Crippen LogP) is 4.22. The van der Waals surface area contributed by atoms with Gasteiger partial charge in [-0.1, -0.05) is 28.4 Å². The van der Waals surface area contributed by atoms with Crippen LogP contribution >= 0.6 is 23.2 Å². The Morgan fingerprint density at radius 1 is 1.16 bits per heavy atom. The van der Waals surface area contributed by atoms with Crippen molar-refractivity contribution >= 4 is 41.0 Å². The molecule has 0 aliphatic rings. The number of amides is 1. The molecule has 1 amide bonds. The fraction of sp³-hybridized carbons (Fsp3) is 0.176. The van der Waals surface area contributed by atoms with Crippen LogP contribution < -0.4 is 14.8 Å². The maximum Gasteiger partial charge on any atom is 0.262 e. The van der Waals surface area contributed by atoms with E-state index >= 15 is 0 Å². The van der Waals surface area contributed by atoms with Crippen molar-refractivity contribution in [1.29, 1.82) is 0 Å². The topological polar surface area (TPSA) is 80.2 Å². The van der Waals surface area contributed by atoms with Crippen LogP contribution in [0.25, 0.3) is 0 Å². The highest BCUT2D eigenvalue weighted by Gasteiger charge is 2.10. The fourth-order valence-electron chi connectivity index (χ4n) is 1.97. The number of nitrogens with zero attached hydrogens (tertiary/aromatic N) is 1. The summed E-state index contributed by atoms with van der Waals surface area (Å²) in [6.07, 6.45) is 1.27. The summed E-state index contributed by atoms with van der Waals surface area (Å²) in [5.41, 5.74) is 1.15. The Morgan fingerprint density at radius 3 is 2.64 bits per heavy atom. The molecular weight excluding hydrogens is 367 g/mol. The van der Waals surface area contributed by atoms with Crippen molar-refractivity contribution in [3.05, 3.63) is 52.0 Å². The Hall–Kier alpha value is -2.44. The lowest BCUT2D eigenvalue weighted by molar-refractivity contribution is -0.118. The van der Waals surface area contributed by atoms with E-state index in [1.165, 1.54) is 6.21 Å². The highest BCUT2D eigenvalue weighted by Crippen LogP contribution is 2.28. The van der Waals surface area contributed by atoms with Crippen LogP contribution in [0.3, 0.4) is 0 Å². The molecule has 0 unspecified atom stereocenters. The van der Waals surface area contributed by atoms with Crippen molar-refractivity contribution < 1.29 is 19.5 Å². The largest absolute Gasteiger partial charge is 0.490 e. The van der Waals surface area contributed by atoms with Crippen molar-refractivity contribution in [3.63, 3.8) is 0 Å². The van der Waals surface area contributed by atoms with Crippen LogP contribution in [-0.2, 0) is 4.79 Å². The number of benzene rings is 2. The number of oxime groups is 1. The normalized spacial score (nSPS) is 10.7.